The Kier molecular flexibility index (Phi) is 3.66. The standard InChI is InChI=1S/C15H18N2O/c1-17(11-8-13-6-3-2-4-7-13)14(18)15(12-16)9-5-10-15/h2-4,6-7H,5,8-11H2,1H3. The SMILES string of the molecule is CN(CCc1ccccc1)C(=O)C1(C#N)CCC1. The van der Waals surface area contributed by atoms with Gasteiger partial charge in [-0.15, -0.1) is 0 Å². The van der Waals surface area contributed by atoms with Crippen LogP contribution in [0.25, 0.3) is 0 Å². The Morgan fingerprint density at radius 1 is 1.39 bits per heavy atom. The molecule has 0 spiro atoms. The normalized spacial score (nSPS) is 16.4. The van der Waals surface area contributed by atoms with Crippen molar-refractivity contribution in [1.29, 1.82) is 5.26 Å². The maximum absolute atomic E-state index is 12.2. The lowest BCUT2D eigenvalue weighted by Crippen LogP contribution is -2.46. The summed E-state index contributed by atoms with van der Waals surface area (Å²) < 4.78 is 0. The van der Waals surface area contributed by atoms with Crippen LogP contribution in [0.15, 0.2) is 30.3 Å². The highest BCUT2D eigenvalue weighted by molar-refractivity contribution is 5.86. The minimum absolute atomic E-state index is 0.00724. The molecule has 0 saturated heterocycles. The van der Waals surface area contributed by atoms with Gasteiger partial charge in [0.25, 0.3) is 0 Å². The van der Waals surface area contributed by atoms with Gasteiger partial charge in [0, 0.05) is 13.6 Å². The molecule has 0 aliphatic heterocycles. The first kappa shape index (κ1) is 12.6. The van der Waals surface area contributed by atoms with E-state index in [0.717, 1.165) is 25.7 Å². The second kappa shape index (κ2) is 5.22. The third-order valence-electron chi connectivity index (χ3n) is 3.76. The zero-order valence-corrected chi connectivity index (χ0v) is 10.7. The van der Waals surface area contributed by atoms with Crippen molar-refractivity contribution >= 4 is 5.91 Å². The van der Waals surface area contributed by atoms with Crippen molar-refractivity contribution in [1.82, 2.24) is 4.90 Å². The lowest BCUT2D eigenvalue weighted by Gasteiger charge is -2.36. The molecule has 18 heavy (non-hydrogen) atoms. The van der Waals surface area contributed by atoms with Crippen molar-refractivity contribution in [2.75, 3.05) is 13.6 Å². The third-order valence-corrected chi connectivity index (χ3v) is 3.76. The molecule has 0 N–H and O–H groups in total. The summed E-state index contributed by atoms with van der Waals surface area (Å²) >= 11 is 0. The minimum Gasteiger partial charge on any atom is -0.344 e. The van der Waals surface area contributed by atoms with Crippen molar-refractivity contribution in [3.8, 4) is 6.07 Å². The molecule has 3 nitrogen and oxygen atoms in total. The summed E-state index contributed by atoms with van der Waals surface area (Å²) in [7, 11) is 1.79. The van der Waals surface area contributed by atoms with Gasteiger partial charge in [-0.2, -0.15) is 5.26 Å². The minimum atomic E-state index is -0.717. The smallest absolute Gasteiger partial charge is 0.242 e. The van der Waals surface area contributed by atoms with Crippen molar-refractivity contribution in [2.45, 2.75) is 25.7 Å². The summed E-state index contributed by atoms with van der Waals surface area (Å²) in [6.07, 6.45) is 3.27. The number of nitrogens with zero attached hydrogens (tertiary/aromatic N) is 2. The Hall–Kier alpha value is -1.82. The van der Waals surface area contributed by atoms with Gasteiger partial charge in [0.1, 0.15) is 5.41 Å². The Balaban J connectivity index is 1.91. The molecule has 3 heteroatoms. The van der Waals surface area contributed by atoms with Gasteiger partial charge in [0.2, 0.25) is 5.91 Å². The van der Waals surface area contributed by atoms with Crippen molar-refractivity contribution < 1.29 is 4.79 Å². The van der Waals surface area contributed by atoms with E-state index in [4.69, 9.17) is 5.26 Å². The lowest BCUT2D eigenvalue weighted by atomic mass is 9.69. The van der Waals surface area contributed by atoms with Crippen LogP contribution < -0.4 is 0 Å². The van der Waals surface area contributed by atoms with E-state index in [9.17, 15) is 4.79 Å². The average Bonchev–Trinajstić information content (AvgIpc) is 2.36. The number of carbonyl (C=O) groups excluding carboxylic acids is 1. The molecule has 1 fully saturated rings. The lowest BCUT2D eigenvalue weighted by molar-refractivity contribution is -0.141. The molecule has 0 heterocycles. The Bertz CT molecular complexity index is 457. The molecule has 1 aliphatic carbocycles. The van der Waals surface area contributed by atoms with Crippen molar-refractivity contribution in [3.05, 3.63) is 35.9 Å². The van der Waals surface area contributed by atoms with Crippen LogP contribution in [0.3, 0.4) is 0 Å². The predicted octanol–water partition coefficient (Wildman–Crippen LogP) is 2.38. The van der Waals surface area contributed by atoms with Crippen LogP contribution in [0.4, 0.5) is 0 Å². The van der Waals surface area contributed by atoms with Gasteiger partial charge in [-0.1, -0.05) is 30.3 Å². The summed E-state index contributed by atoms with van der Waals surface area (Å²) in [5.41, 5.74) is 0.502. The van der Waals surface area contributed by atoms with Crippen LogP contribution in [0.1, 0.15) is 24.8 Å². The molecule has 1 aromatic carbocycles. The molecule has 0 aromatic heterocycles. The zero-order chi connectivity index (χ0) is 13.0. The molecule has 1 aromatic rings. The Morgan fingerprint density at radius 3 is 2.56 bits per heavy atom. The van der Waals surface area contributed by atoms with E-state index in [1.807, 2.05) is 18.2 Å². The van der Waals surface area contributed by atoms with E-state index in [1.165, 1.54) is 5.56 Å². The summed E-state index contributed by atoms with van der Waals surface area (Å²) in [5, 5.41) is 9.14. The van der Waals surface area contributed by atoms with Gasteiger partial charge in [0.05, 0.1) is 6.07 Å². The Morgan fingerprint density at radius 2 is 2.06 bits per heavy atom. The zero-order valence-electron chi connectivity index (χ0n) is 10.7. The quantitative estimate of drug-likeness (QED) is 0.813. The van der Waals surface area contributed by atoms with Gasteiger partial charge in [-0.25, -0.2) is 0 Å². The topological polar surface area (TPSA) is 44.1 Å². The van der Waals surface area contributed by atoms with Gasteiger partial charge in [-0.05, 0) is 31.2 Å². The fourth-order valence-corrected chi connectivity index (χ4v) is 2.31. The molecule has 0 atom stereocenters. The first-order valence-electron chi connectivity index (χ1n) is 6.39. The first-order valence-corrected chi connectivity index (χ1v) is 6.39. The molecular formula is C15H18N2O. The average molecular weight is 242 g/mol. The number of hydrogen-bond acceptors (Lipinski definition) is 2. The summed E-state index contributed by atoms with van der Waals surface area (Å²) in [6.45, 7) is 0.673. The number of likely N-dealkylation sites (N-methyl/N-ethyl adjacent to an activating group) is 1. The van der Waals surface area contributed by atoms with Crippen molar-refractivity contribution in [2.24, 2.45) is 5.41 Å². The first-order chi connectivity index (χ1) is 8.68. The highest BCUT2D eigenvalue weighted by Gasteiger charge is 2.45. The van der Waals surface area contributed by atoms with E-state index in [-0.39, 0.29) is 5.91 Å². The number of carbonyl (C=O) groups is 1. The molecule has 94 valence electrons. The molecule has 0 radical (unpaired) electrons. The van der Waals surface area contributed by atoms with E-state index in [1.54, 1.807) is 11.9 Å². The summed E-state index contributed by atoms with van der Waals surface area (Å²) in [5.74, 6) is -0.00724. The largest absolute Gasteiger partial charge is 0.344 e. The molecule has 1 amide bonds. The van der Waals surface area contributed by atoms with Gasteiger partial charge >= 0.3 is 0 Å². The van der Waals surface area contributed by atoms with Crippen LogP contribution in [-0.4, -0.2) is 24.4 Å². The number of benzene rings is 1. The van der Waals surface area contributed by atoms with Gasteiger partial charge in [0.15, 0.2) is 0 Å². The third kappa shape index (κ3) is 2.38. The maximum Gasteiger partial charge on any atom is 0.242 e. The highest BCUT2D eigenvalue weighted by Crippen LogP contribution is 2.41. The molecular weight excluding hydrogens is 224 g/mol. The van der Waals surface area contributed by atoms with Gasteiger partial charge < -0.3 is 4.90 Å². The summed E-state index contributed by atoms with van der Waals surface area (Å²) in [6, 6.07) is 12.3. The fourth-order valence-electron chi connectivity index (χ4n) is 2.31. The second-order valence-corrected chi connectivity index (χ2v) is 5.01. The summed E-state index contributed by atoms with van der Waals surface area (Å²) in [4.78, 5) is 13.9. The van der Waals surface area contributed by atoms with Crippen LogP contribution >= 0.6 is 0 Å². The fraction of sp³-hybridized carbons (Fsp3) is 0.467. The van der Waals surface area contributed by atoms with E-state index < -0.39 is 5.41 Å². The molecule has 0 bridgehead atoms. The Labute approximate surface area is 108 Å². The monoisotopic (exact) mass is 242 g/mol. The predicted molar refractivity (Wildman–Crippen MR) is 69.7 cm³/mol. The number of nitriles is 1. The van der Waals surface area contributed by atoms with Gasteiger partial charge in [-0.3, -0.25) is 4.79 Å². The van der Waals surface area contributed by atoms with E-state index >= 15 is 0 Å². The van der Waals surface area contributed by atoms with Crippen LogP contribution in [0, 0.1) is 16.7 Å². The molecule has 1 aliphatic rings. The van der Waals surface area contributed by atoms with Crippen LogP contribution in [-0.2, 0) is 11.2 Å². The van der Waals surface area contributed by atoms with Crippen molar-refractivity contribution in [3.63, 3.8) is 0 Å². The number of amides is 1. The maximum atomic E-state index is 12.2. The number of rotatable bonds is 4. The van der Waals surface area contributed by atoms with Crippen LogP contribution in [0.2, 0.25) is 0 Å². The molecule has 0 unspecified atom stereocenters. The second-order valence-electron chi connectivity index (χ2n) is 5.01. The highest BCUT2D eigenvalue weighted by atomic mass is 16.2. The molecule has 2 rings (SSSR count). The molecule has 1 saturated carbocycles. The van der Waals surface area contributed by atoms with E-state index in [2.05, 4.69) is 18.2 Å². The van der Waals surface area contributed by atoms with E-state index in [0.29, 0.717) is 6.54 Å². The van der Waals surface area contributed by atoms with Crippen LogP contribution in [0.5, 0.6) is 0 Å². The number of hydrogen-bond donors (Lipinski definition) is 0.